The van der Waals surface area contributed by atoms with Crippen molar-refractivity contribution < 1.29 is 4.74 Å². The van der Waals surface area contributed by atoms with Gasteiger partial charge in [0.15, 0.2) is 0 Å². The number of rotatable bonds is 1. The number of hydrogen-bond donors (Lipinski definition) is 1. The Hall–Kier alpha value is -1.77. The highest BCUT2D eigenvalue weighted by Crippen LogP contribution is 2.39. The molecule has 2 N–H and O–H groups in total. The fourth-order valence-electron chi connectivity index (χ4n) is 2.92. The SMILES string of the molecule is COc1ccc2c(N)c3c(nc2c1)CCC(C)(C)C3. The van der Waals surface area contributed by atoms with Gasteiger partial charge in [-0.05, 0) is 42.4 Å². The summed E-state index contributed by atoms with van der Waals surface area (Å²) in [5, 5.41) is 1.04. The molecule has 1 aliphatic rings. The van der Waals surface area contributed by atoms with Crippen molar-refractivity contribution in [3.63, 3.8) is 0 Å². The van der Waals surface area contributed by atoms with Gasteiger partial charge >= 0.3 is 0 Å². The second-order valence-electron chi connectivity index (χ2n) is 6.17. The third-order valence-corrected chi connectivity index (χ3v) is 4.12. The van der Waals surface area contributed by atoms with Crippen molar-refractivity contribution in [1.29, 1.82) is 0 Å². The van der Waals surface area contributed by atoms with E-state index in [2.05, 4.69) is 13.8 Å². The number of pyridine rings is 1. The molecule has 0 atom stereocenters. The first-order chi connectivity index (χ1) is 9.00. The normalized spacial score (nSPS) is 17.2. The summed E-state index contributed by atoms with van der Waals surface area (Å²) >= 11 is 0. The highest BCUT2D eigenvalue weighted by molar-refractivity contribution is 5.93. The molecule has 1 heterocycles. The lowest BCUT2D eigenvalue weighted by Crippen LogP contribution is -2.24. The lowest BCUT2D eigenvalue weighted by molar-refractivity contribution is 0.313. The Morgan fingerprint density at radius 2 is 2.11 bits per heavy atom. The lowest BCUT2D eigenvalue weighted by atomic mass is 9.75. The molecular formula is C16H20N2O. The van der Waals surface area contributed by atoms with Gasteiger partial charge in [-0.3, -0.25) is 4.98 Å². The van der Waals surface area contributed by atoms with E-state index in [1.54, 1.807) is 7.11 Å². The fourth-order valence-corrected chi connectivity index (χ4v) is 2.92. The minimum atomic E-state index is 0.322. The third kappa shape index (κ3) is 2.03. The van der Waals surface area contributed by atoms with Crippen LogP contribution in [0.15, 0.2) is 18.2 Å². The molecule has 19 heavy (non-hydrogen) atoms. The maximum atomic E-state index is 6.37. The van der Waals surface area contributed by atoms with E-state index in [1.807, 2.05) is 18.2 Å². The first kappa shape index (κ1) is 12.3. The number of fused-ring (bicyclic) bond motifs is 2. The molecule has 1 aromatic carbocycles. The molecule has 0 radical (unpaired) electrons. The molecular weight excluding hydrogens is 236 g/mol. The third-order valence-electron chi connectivity index (χ3n) is 4.12. The zero-order valence-corrected chi connectivity index (χ0v) is 11.8. The van der Waals surface area contributed by atoms with Gasteiger partial charge in [-0.1, -0.05) is 13.8 Å². The number of nitrogens with two attached hydrogens (primary N) is 1. The zero-order chi connectivity index (χ0) is 13.6. The molecule has 0 spiro atoms. The molecule has 3 nitrogen and oxygen atoms in total. The van der Waals surface area contributed by atoms with E-state index >= 15 is 0 Å². The number of nitrogen functional groups attached to an aromatic ring is 1. The van der Waals surface area contributed by atoms with Crippen LogP contribution in [0.5, 0.6) is 5.75 Å². The Morgan fingerprint density at radius 1 is 1.32 bits per heavy atom. The Bertz CT molecular complexity index is 647. The summed E-state index contributed by atoms with van der Waals surface area (Å²) in [6.45, 7) is 4.60. The van der Waals surface area contributed by atoms with E-state index in [4.69, 9.17) is 15.5 Å². The zero-order valence-electron chi connectivity index (χ0n) is 11.8. The van der Waals surface area contributed by atoms with Crippen molar-refractivity contribution in [3.05, 3.63) is 29.5 Å². The highest BCUT2D eigenvalue weighted by atomic mass is 16.5. The molecule has 0 amide bonds. The van der Waals surface area contributed by atoms with Crippen LogP contribution in [-0.4, -0.2) is 12.1 Å². The molecule has 0 saturated carbocycles. The maximum Gasteiger partial charge on any atom is 0.121 e. The van der Waals surface area contributed by atoms with Gasteiger partial charge in [0.1, 0.15) is 5.75 Å². The van der Waals surface area contributed by atoms with Crippen LogP contribution in [0.4, 0.5) is 5.69 Å². The van der Waals surface area contributed by atoms with E-state index in [9.17, 15) is 0 Å². The molecule has 2 aromatic rings. The number of hydrogen-bond acceptors (Lipinski definition) is 3. The predicted molar refractivity (Wildman–Crippen MR) is 78.5 cm³/mol. The highest BCUT2D eigenvalue weighted by Gasteiger charge is 2.28. The molecule has 1 aromatic heterocycles. The summed E-state index contributed by atoms with van der Waals surface area (Å²) in [6.07, 6.45) is 3.20. The molecule has 0 saturated heterocycles. The van der Waals surface area contributed by atoms with Gasteiger partial charge in [-0.25, -0.2) is 0 Å². The average Bonchev–Trinajstić information content (AvgIpc) is 2.39. The summed E-state index contributed by atoms with van der Waals surface area (Å²) in [7, 11) is 1.67. The maximum absolute atomic E-state index is 6.37. The molecule has 3 rings (SSSR count). The molecule has 0 unspecified atom stereocenters. The number of nitrogens with zero attached hydrogens (tertiary/aromatic N) is 1. The van der Waals surface area contributed by atoms with E-state index in [-0.39, 0.29) is 0 Å². The van der Waals surface area contributed by atoms with Crippen LogP contribution in [0.3, 0.4) is 0 Å². The number of aromatic nitrogens is 1. The minimum Gasteiger partial charge on any atom is -0.497 e. The average molecular weight is 256 g/mol. The van der Waals surface area contributed by atoms with Gasteiger partial charge in [-0.2, -0.15) is 0 Å². The van der Waals surface area contributed by atoms with E-state index < -0.39 is 0 Å². The molecule has 0 bridgehead atoms. The minimum absolute atomic E-state index is 0.322. The Morgan fingerprint density at radius 3 is 2.84 bits per heavy atom. The Kier molecular flexibility index (Phi) is 2.66. The molecule has 100 valence electrons. The topological polar surface area (TPSA) is 48.1 Å². The van der Waals surface area contributed by atoms with E-state index in [0.29, 0.717) is 5.41 Å². The van der Waals surface area contributed by atoms with Gasteiger partial charge in [-0.15, -0.1) is 0 Å². The van der Waals surface area contributed by atoms with Gasteiger partial charge in [0.05, 0.1) is 12.6 Å². The van der Waals surface area contributed by atoms with Crippen LogP contribution in [0.25, 0.3) is 10.9 Å². The molecule has 0 fully saturated rings. The van der Waals surface area contributed by atoms with E-state index in [0.717, 1.165) is 40.9 Å². The number of aryl methyl sites for hydroxylation is 1. The monoisotopic (exact) mass is 256 g/mol. The summed E-state index contributed by atoms with van der Waals surface area (Å²) in [5.74, 6) is 0.829. The lowest BCUT2D eigenvalue weighted by Gasteiger charge is -2.31. The number of ether oxygens (including phenoxy) is 1. The number of anilines is 1. The number of methoxy groups -OCH3 is 1. The van der Waals surface area contributed by atoms with Crippen LogP contribution >= 0.6 is 0 Å². The first-order valence-corrected chi connectivity index (χ1v) is 6.75. The van der Waals surface area contributed by atoms with Crippen LogP contribution in [-0.2, 0) is 12.8 Å². The van der Waals surface area contributed by atoms with Crippen LogP contribution < -0.4 is 10.5 Å². The summed E-state index contributed by atoms with van der Waals surface area (Å²) in [5.41, 5.74) is 10.9. The molecule has 1 aliphatic carbocycles. The summed E-state index contributed by atoms with van der Waals surface area (Å²) < 4.78 is 5.26. The van der Waals surface area contributed by atoms with Crippen LogP contribution in [0.2, 0.25) is 0 Å². The van der Waals surface area contributed by atoms with Crippen molar-refractivity contribution >= 4 is 16.6 Å². The molecule has 3 heteroatoms. The second kappa shape index (κ2) is 4.12. The smallest absolute Gasteiger partial charge is 0.121 e. The first-order valence-electron chi connectivity index (χ1n) is 6.75. The largest absolute Gasteiger partial charge is 0.497 e. The van der Waals surface area contributed by atoms with Gasteiger partial charge in [0, 0.05) is 22.8 Å². The quantitative estimate of drug-likeness (QED) is 0.851. The fraction of sp³-hybridized carbons (Fsp3) is 0.438. The number of benzene rings is 1. The predicted octanol–water partition coefficient (Wildman–Crippen LogP) is 3.34. The van der Waals surface area contributed by atoms with Gasteiger partial charge in [0.25, 0.3) is 0 Å². The van der Waals surface area contributed by atoms with Crippen LogP contribution in [0.1, 0.15) is 31.5 Å². The van der Waals surface area contributed by atoms with Crippen molar-refractivity contribution in [1.82, 2.24) is 4.98 Å². The summed E-state index contributed by atoms with van der Waals surface area (Å²) in [4.78, 5) is 4.79. The Labute approximate surface area is 113 Å². The van der Waals surface area contributed by atoms with Gasteiger partial charge < -0.3 is 10.5 Å². The van der Waals surface area contributed by atoms with Crippen molar-refractivity contribution in [2.75, 3.05) is 12.8 Å². The Balaban J connectivity index is 2.22. The summed E-state index contributed by atoms with van der Waals surface area (Å²) in [6, 6.07) is 5.92. The van der Waals surface area contributed by atoms with E-state index in [1.165, 1.54) is 12.0 Å². The van der Waals surface area contributed by atoms with Crippen molar-refractivity contribution in [2.45, 2.75) is 33.1 Å². The van der Waals surface area contributed by atoms with Gasteiger partial charge in [0.2, 0.25) is 0 Å². The van der Waals surface area contributed by atoms with Crippen LogP contribution in [0, 0.1) is 5.41 Å². The molecule has 0 aliphatic heterocycles. The second-order valence-corrected chi connectivity index (χ2v) is 6.17. The van der Waals surface area contributed by atoms with Crippen molar-refractivity contribution in [3.8, 4) is 5.75 Å². The standard InChI is InChI=1S/C16H20N2O/c1-16(2)7-6-13-12(9-16)15(17)11-5-4-10(19-3)8-14(11)18-13/h4-5,8H,6-7,9H2,1-3H3,(H2,17,18). The van der Waals surface area contributed by atoms with Crippen molar-refractivity contribution in [2.24, 2.45) is 5.41 Å².